The van der Waals surface area contributed by atoms with E-state index in [1.165, 1.54) is 38.5 Å². The van der Waals surface area contributed by atoms with Crippen LogP contribution in [-0.2, 0) is 0 Å². The Labute approximate surface area is 92.4 Å². The van der Waals surface area contributed by atoms with Gasteiger partial charge in [0.25, 0.3) is 0 Å². The number of rotatable bonds is 4. The van der Waals surface area contributed by atoms with Crippen molar-refractivity contribution in [1.82, 2.24) is 5.32 Å². The van der Waals surface area contributed by atoms with Gasteiger partial charge in [-0.05, 0) is 57.6 Å². The summed E-state index contributed by atoms with van der Waals surface area (Å²) in [5.41, 5.74) is 0. The minimum atomic E-state index is 0.783. The molecule has 0 aromatic carbocycles. The Bertz CT molecular complexity index is 171. The molecule has 0 spiro atoms. The molecular weight excluding hydrogens is 190 g/mol. The zero-order chi connectivity index (χ0) is 9.97. The molecule has 1 unspecified atom stereocenters. The lowest BCUT2D eigenvalue weighted by Gasteiger charge is -2.30. The normalized spacial score (nSPS) is 35.6. The van der Waals surface area contributed by atoms with E-state index in [9.17, 15) is 0 Å². The highest BCUT2D eigenvalue weighted by Gasteiger charge is 2.30. The zero-order valence-corrected chi connectivity index (χ0v) is 10.3. The summed E-state index contributed by atoms with van der Waals surface area (Å²) in [4.78, 5) is 0. The molecule has 0 aliphatic heterocycles. The lowest BCUT2D eigenvalue weighted by atomic mass is 9.94. The van der Waals surface area contributed by atoms with E-state index in [1.807, 2.05) is 0 Å². The molecule has 0 saturated heterocycles. The topological polar surface area (TPSA) is 12.0 Å². The molecule has 2 aliphatic rings. The van der Waals surface area contributed by atoms with Crippen molar-refractivity contribution in [3.8, 4) is 0 Å². The molecule has 0 aromatic rings. The van der Waals surface area contributed by atoms with Crippen LogP contribution in [0.1, 0.15) is 45.4 Å². The van der Waals surface area contributed by atoms with Crippen LogP contribution in [0.2, 0.25) is 0 Å². The van der Waals surface area contributed by atoms with Crippen molar-refractivity contribution in [2.24, 2.45) is 5.92 Å². The average Bonchev–Trinajstić information content (AvgIpc) is 3.02. The summed E-state index contributed by atoms with van der Waals surface area (Å²) in [5.74, 6) is 1.01. The van der Waals surface area contributed by atoms with Crippen molar-refractivity contribution in [2.45, 2.75) is 62.8 Å². The molecule has 0 bridgehead atoms. The van der Waals surface area contributed by atoms with Crippen molar-refractivity contribution < 1.29 is 0 Å². The van der Waals surface area contributed by atoms with Gasteiger partial charge in [0, 0.05) is 17.3 Å². The molecule has 0 amide bonds. The molecule has 2 aliphatic carbocycles. The van der Waals surface area contributed by atoms with Gasteiger partial charge in [0.1, 0.15) is 0 Å². The Balaban J connectivity index is 1.67. The minimum absolute atomic E-state index is 0.783. The van der Waals surface area contributed by atoms with Gasteiger partial charge in [-0.1, -0.05) is 0 Å². The molecule has 0 radical (unpaired) electrons. The third-order valence-electron chi connectivity index (χ3n) is 3.84. The molecule has 2 fully saturated rings. The summed E-state index contributed by atoms with van der Waals surface area (Å²) in [5, 5.41) is 4.76. The van der Waals surface area contributed by atoms with Crippen LogP contribution in [0, 0.1) is 5.92 Å². The zero-order valence-electron chi connectivity index (χ0n) is 9.46. The first-order valence-corrected chi connectivity index (χ1v) is 7.37. The fourth-order valence-electron chi connectivity index (χ4n) is 2.57. The number of thioether (sulfide) groups is 1. The lowest BCUT2D eigenvalue weighted by molar-refractivity contribution is 0.335. The molecule has 1 N–H and O–H groups in total. The Kier molecular flexibility index (Phi) is 3.78. The Morgan fingerprint density at radius 3 is 2.21 bits per heavy atom. The van der Waals surface area contributed by atoms with E-state index in [1.54, 1.807) is 0 Å². The maximum absolute atomic E-state index is 3.82. The Morgan fingerprint density at radius 2 is 1.71 bits per heavy atom. The van der Waals surface area contributed by atoms with Crippen molar-refractivity contribution in [3.05, 3.63) is 0 Å². The molecule has 14 heavy (non-hydrogen) atoms. The standard InChI is InChI=1S/C12H23NS/c1-9(10-3-4-10)13-11-5-7-12(14-2)8-6-11/h9-13H,3-8H2,1-2H3. The maximum atomic E-state index is 3.82. The smallest absolute Gasteiger partial charge is 0.00704 e. The third-order valence-corrected chi connectivity index (χ3v) is 4.97. The van der Waals surface area contributed by atoms with Crippen LogP contribution >= 0.6 is 11.8 Å². The third kappa shape index (κ3) is 2.90. The van der Waals surface area contributed by atoms with E-state index in [4.69, 9.17) is 0 Å². The summed E-state index contributed by atoms with van der Waals surface area (Å²) in [6.45, 7) is 2.37. The van der Waals surface area contributed by atoms with E-state index in [0.29, 0.717) is 0 Å². The van der Waals surface area contributed by atoms with E-state index in [2.05, 4.69) is 30.3 Å². The Hall–Kier alpha value is 0.310. The summed E-state index contributed by atoms with van der Waals surface area (Å²) >= 11 is 2.06. The molecule has 0 heterocycles. The van der Waals surface area contributed by atoms with Crippen LogP contribution in [0.15, 0.2) is 0 Å². The Morgan fingerprint density at radius 1 is 1.07 bits per heavy atom. The summed E-state index contributed by atoms with van der Waals surface area (Å²) in [6, 6.07) is 1.61. The summed E-state index contributed by atoms with van der Waals surface area (Å²) in [7, 11) is 0. The maximum Gasteiger partial charge on any atom is 0.00704 e. The number of hydrogen-bond donors (Lipinski definition) is 1. The van der Waals surface area contributed by atoms with Gasteiger partial charge in [0.05, 0.1) is 0 Å². The molecule has 82 valence electrons. The van der Waals surface area contributed by atoms with Crippen molar-refractivity contribution in [1.29, 1.82) is 0 Å². The second-order valence-corrected chi connectivity index (χ2v) is 6.14. The predicted molar refractivity (Wildman–Crippen MR) is 64.9 cm³/mol. The molecule has 1 nitrogen and oxygen atoms in total. The second-order valence-electron chi connectivity index (χ2n) is 5.00. The van der Waals surface area contributed by atoms with Crippen LogP contribution in [-0.4, -0.2) is 23.6 Å². The molecule has 2 saturated carbocycles. The molecule has 1 atom stereocenters. The highest BCUT2D eigenvalue weighted by Crippen LogP contribution is 2.34. The van der Waals surface area contributed by atoms with Crippen LogP contribution in [0.5, 0.6) is 0 Å². The number of nitrogens with one attached hydrogen (secondary N) is 1. The van der Waals surface area contributed by atoms with E-state index < -0.39 is 0 Å². The first-order chi connectivity index (χ1) is 6.79. The number of hydrogen-bond acceptors (Lipinski definition) is 2. The van der Waals surface area contributed by atoms with Crippen LogP contribution < -0.4 is 5.32 Å². The molecule has 0 aromatic heterocycles. The predicted octanol–water partition coefficient (Wildman–Crippen LogP) is 3.05. The second kappa shape index (κ2) is 4.89. The van der Waals surface area contributed by atoms with Gasteiger partial charge in [0.15, 0.2) is 0 Å². The summed E-state index contributed by atoms with van der Waals surface area (Å²) < 4.78 is 0. The van der Waals surface area contributed by atoms with E-state index in [0.717, 1.165) is 23.3 Å². The summed E-state index contributed by atoms with van der Waals surface area (Å²) in [6.07, 6.45) is 10.9. The first-order valence-electron chi connectivity index (χ1n) is 6.08. The monoisotopic (exact) mass is 213 g/mol. The average molecular weight is 213 g/mol. The fraction of sp³-hybridized carbons (Fsp3) is 1.00. The van der Waals surface area contributed by atoms with Crippen LogP contribution in [0.4, 0.5) is 0 Å². The van der Waals surface area contributed by atoms with Gasteiger partial charge in [-0.25, -0.2) is 0 Å². The van der Waals surface area contributed by atoms with Gasteiger partial charge < -0.3 is 5.32 Å². The van der Waals surface area contributed by atoms with Gasteiger partial charge in [-0.2, -0.15) is 11.8 Å². The highest BCUT2D eigenvalue weighted by molar-refractivity contribution is 7.99. The highest BCUT2D eigenvalue weighted by atomic mass is 32.2. The molecule has 2 rings (SSSR count). The van der Waals surface area contributed by atoms with Gasteiger partial charge in [-0.3, -0.25) is 0 Å². The lowest BCUT2D eigenvalue weighted by Crippen LogP contribution is -2.40. The largest absolute Gasteiger partial charge is 0.311 e. The molecule has 2 heteroatoms. The van der Waals surface area contributed by atoms with E-state index >= 15 is 0 Å². The minimum Gasteiger partial charge on any atom is -0.311 e. The van der Waals surface area contributed by atoms with Crippen molar-refractivity contribution in [3.63, 3.8) is 0 Å². The van der Waals surface area contributed by atoms with Gasteiger partial charge >= 0.3 is 0 Å². The first kappa shape index (κ1) is 10.8. The van der Waals surface area contributed by atoms with Gasteiger partial charge in [-0.15, -0.1) is 0 Å². The van der Waals surface area contributed by atoms with Crippen LogP contribution in [0.3, 0.4) is 0 Å². The van der Waals surface area contributed by atoms with E-state index in [-0.39, 0.29) is 0 Å². The van der Waals surface area contributed by atoms with Crippen molar-refractivity contribution in [2.75, 3.05) is 6.26 Å². The quantitative estimate of drug-likeness (QED) is 0.770. The van der Waals surface area contributed by atoms with Crippen LogP contribution in [0.25, 0.3) is 0 Å². The SMILES string of the molecule is CSC1CCC(NC(C)C2CC2)CC1. The molecular formula is C12H23NS. The van der Waals surface area contributed by atoms with Crippen molar-refractivity contribution >= 4 is 11.8 Å². The fourth-order valence-corrected chi connectivity index (χ4v) is 3.31. The van der Waals surface area contributed by atoms with Gasteiger partial charge in [0.2, 0.25) is 0 Å².